The van der Waals surface area contributed by atoms with Gasteiger partial charge in [-0.2, -0.15) is 5.10 Å². The summed E-state index contributed by atoms with van der Waals surface area (Å²) in [6.07, 6.45) is 4.58. The molecule has 1 aliphatic heterocycles. The first-order chi connectivity index (χ1) is 16.9. The van der Waals surface area contributed by atoms with Crippen molar-refractivity contribution in [3.05, 3.63) is 106 Å². The lowest BCUT2D eigenvalue weighted by Crippen LogP contribution is -2.42. The molecule has 0 radical (unpaired) electrons. The fourth-order valence-electron chi connectivity index (χ4n) is 4.47. The van der Waals surface area contributed by atoms with Gasteiger partial charge in [0.2, 0.25) is 5.91 Å². The lowest BCUT2D eigenvalue weighted by molar-refractivity contribution is -0.128. The summed E-state index contributed by atoms with van der Waals surface area (Å²) in [7, 11) is 0. The van der Waals surface area contributed by atoms with E-state index in [0.29, 0.717) is 51.2 Å². The molecule has 176 valence electrons. The van der Waals surface area contributed by atoms with Crippen LogP contribution < -0.4 is 0 Å². The summed E-state index contributed by atoms with van der Waals surface area (Å²) >= 11 is 18.8. The summed E-state index contributed by atoms with van der Waals surface area (Å²) in [5.74, 6) is -0.753. The van der Waals surface area contributed by atoms with Crippen molar-refractivity contribution in [2.45, 2.75) is 12.6 Å². The van der Waals surface area contributed by atoms with E-state index < -0.39 is 11.9 Å². The number of nitrogens with zero attached hydrogens (tertiary/aromatic N) is 4. The predicted octanol–water partition coefficient (Wildman–Crippen LogP) is 6.83. The highest BCUT2D eigenvalue weighted by Gasteiger charge is 2.38. The third-order valence-corrected chi connectivity index (χ3v) is 6.78. The zero-order chi connectivity index (χ0) is 24.7. The molecule has 3 heterocycles. The van der Waals surface area contributed by atoms with Gasteiger partial charge >= 0.3 is 0 Å². The number of hydrogen-bond acceptors (Lipinski definition) is 3. The first kappa shape index (κ1) is 23.5. The molecule has 0 spiro atoms. The number of amides is 1. The molecule has 5 rings (SSSR count). The molecule has 2 aromatic carbocycles. The molecule has 2 aromatic heterocycles. The summed E-state index contributed by atoms with van der Waals surface area (Å²) in [4.78, 5) is 18.8. The maximum absolute atomic E-state index is 15.1. The number of aromatic nitrogens is 3. The Kier molecular flexibility index (Phi) is 6.36. The first-order valence-electron chi connectivity index (χ1n) is 10.7. The van der Waals surface area contributed by atoms with Crippen LogP contribution in [-0.4, -0.2) is 32.1 Å². The molecule has 1 unspecified atom stereocenters. The predicted molar refractivity (Wildman–Crippen MR) is 136 cm³/mol. The van der Waals surface area contributed by atoms with Gasteiger partial charge < -0.3 is 4.90 Å². The van der Waals surface area contributed by atoms with Crippen LogP contribution in [0, 0.1) is 5.82 Å². The summed E-state index contributed by atoms with van der Waals surface area (Å²) in [6.45, 7) is 4.44. The van der Waals surface area contributed by atoms with Crippen LogP contribution in [0.4, 0.5) is 4.39 Å². The van der Waals surface area contributed by atoms with E-state index in [1.54, 1.807) is 47.6 Å². The van der Waals surface area contributed by atoms with Crippen LogP contribution in [-0.2, 0) is 11.3 Å². The van der Waals surface area contributed by atoms with Gasteiger partial charge in [0, 0.05) is 45.1 Å². The Hall–Kier alpha value is -3.19. The fraction of sp³-hybridized carbons (Fsp3) is 0.115. The third kappa shape index (κ3) is 4.22. The smallest absolute Gasteiger partial charge is 0.246 e. The van der Waals surface area contributed by atoms with E-state index in [0.717, 1.165) is 5.56 Å². The normalized spacial score (nSPS) is 15.1. The summed E-state index contributed by atoms with van der Waals surface area (Å²) in [5.41, 5.74) is 3.55. The number of rotatable bonds is 4. The van der Waals surface area contributed by atoms with Crippen molar-refractivity contribution < 1.29 is 9.18 Å². The zero-order valence-electron chi connectivity index (χ0n) is 18.3. The van der Waals surface area contributed by atoms with Gasteiger partial charge in [-0.15, -0.1) is 0 Å². The van der Waals surface area contributed by atoms with Crippen LogP contribution in [0.2, 0.25) is 15.1 Å². The molecule has 4 aromatic rings. The van der Waals surface area contributed by atoms with Gasteiger partial charge in [-0.25, -0.2) is 4.39 Å². The van der Waals surface area contributed by atoms with Crippen molar-refractivity contribution in [1.82, 2.24) is 19.7 Å². The van der Waals surface area contributed by atoms with E-state index in [1.165, 1.54) is 12.1 Å². The number of fused-ring (bicyclic) bond motifs is 1. The second-order valence-corrected chi connectivity index (χ2v) is 9.28. The number of hydrogen-bond donors (Lipinski definition) is 0. The van der Waals surface area contributed by atoms with Crippen molar-refractivity contribution >= 4 is 40.7 Å². The number of benzene rings is 2. The summed E-state index contributed by atoms with van der Waals surface area (Å²) in [5, 5.41) is 5.97. The molecule has 1 amide bonds. The van der Waals surface area contributed by atoms with Crippen LogP contribution >= 0.6 is 34.8 Å². The molecular weight excluding hydrogens is 510 g/mol. The minimum Gasteiger partial charge on any atom is -0.325 e. The number of carbonyl (C=O) groups is 1. The first-order valence-corrected chi connectivity index (χ1v) is 11.9. The molecule has 0 saturated carbocycles. The van der Waals surface area contributed by atoms with E-state index in [1.807, 2.05) is 16.8 Å². The Balaban J connectivity index is 1.84. The SMILES string of the molecule is C=CC(=O)N1CCn2nc(-c3ccc(Cl)cc3F)c(-c3ccncc3)c2C1c1ccc(Cl)cc1Cl. The van der Waals surface area contributed by atoms with Gasteiger partial charge in [0.05, 0.1) is 12.2 Å². The Bertz CT molecular complexity index is 1450. The summed E-state index contributed by atoms with van der Waals surface area (Å²) in [6, 6.07) is 12.7. The van der Waals surface area contributed by atoms with Crippen LogP contribution in [0.25, 0.3) is 22.4 Å². The van der Waals surface area contributed by atoms with Gasteiger partial charge in [0.25, 0.3) is 0 Å². The molecule has 1 atom stereocenters. The van der Waals surface area contributed by atoms with Crippen LogP contribution in [0.5, 0.6) is 0 Å². The number of halogens is 4. The van der Waals surface area contributed by atoms with Crippen molar-refractivity contribution in [3.8, 4) is 22.4 Å². The van der Waals surface area contributed by atoms with E-state index in [-0.39, 0.29) is 10.9 Å². The summed E-state index contributed by atoms with van der Waals surface area (Å²) < 4.78 is 16.9. The Morgan fingerprint density at radius 1 is 1.03 bits per heavy atom. The van der Waals surface area contributed by atoms with Crippen LogP contribution in [0.1, 0.15) is 17.3 Å². The van der Waals surface area contributed by atoms with Crippen molar-refractivity contribution in [3.63, 3.8) is 0 Å². The zero-order valence-corrected chi connectivity index (χ0v) is 20.5. The molecule has 0 fully saturated rings. The van der Waals surface area contributed by atoms with Crippen molar-refractivity contribution in [1.29, 1.82) is 0 Å². The van der Waals surface area contributed by atoms with E-state index >= 15 is 4.39 Å². The lowest BCUT2D eigenvalue weighted by Gasteiger charge is -2.37. The largest absolute Gasteiger partial charge is 0.325 e. The van der Waals surface area contributed by atoms with Gasteiger partial charge in [-0.1, -0.05) is 47.4 Å². The monoisotopic (exact) mass is 526 g/mol. The van der Waals surface area contributed by atoms with Gasteiger partial charge in [-0.3, -0.25) is 14.5 Å². The van der Waals surface area contributed by atoms with Gasteiger partial charge in [-0.05, 0) is 59.7 Å². The van der Waals surface area contributed by atoms with Crippen molar-refractivity contribution in [2.24, 2.45) is 0 Å². The third-order valence-electron chi connectivity index (χ3n) is 5.99. The molecule has 5 nitrogen and oxygen atoms in total. The Morgan fingerprint density at radius 3 is 2.43 bits per heavy atom. The molecule has 0 bridgehead atoms. The van der Waals surface area contributed by atoms with Crippen LogP contribution in [0.3, 0.4) is 0 Å². The minimum absolute atomic E-state index is 0.256. The number of pyridine rings is 1. The molecule has 0 N–H and O–H groups in total. The molecule has 35 heavy (non-hydrogen) atoms. The Labute approximate surface area is 216 Å². The highest BCUT2D eigenvalue weighted by molar-refractivity contribution is 6.35. The fourth-order valence-corrected chi connectivity index (χ4v) is 5.14. The molecular formula is C26H18Cl3FN4O. The van der Waals surface area contributed by atoms with Gasteiger partial charge in [0.15, 0.2) is 0 Å². The highest BCUT2D eigenvalue weighted by Crippen LogP contribution is 2.45. The molecule has 0 aliphatic carbocycles. The maximum atomic E-state index is 15.1. The standard InChI is InChI=1S/C26H18Cl3FN4O/c1-2-22(35)33-11-12-34-26(25(33)18-5-3-16(27)13-20(18)29)23(15-7-9-31-10-8-15)24(32-34)19-6-4-17(28)14-21(19)30/h2-10,13-14,25H,1,11-12H2. The van der Waals surface area contributed by atoms with E-state index in [4.69, 9.17) is 39.9 Å². The topological polar surface area (TPSA) is 51.0 Å². The van der Waals surface area contributed by atoms with E-state index in [9.17, 15) is 4.79 Å². The number of carbonyl (C=O) groups excluding carboxylic acids is 1. The molecule has 1 aliphatic rings. The van der Waals surface area contributed by atoms with Crippen molar-refractivity contribution in [2.75, 3.05) is 6.54 Å². The second-order valence-electron chi connectivity index (χ2n) is 8.00. The van der Waals surface area contributed by atoms with E-state index in [2.05, 4.69) is 11.6 Å². The average Bonchev–Trinajstić information content (AvgIpc) is 3.23. The maximum Gasteiger partial charge on any atom is 0.246 e. The second kappa shape index (κ2) is 9.46. The quantitative estimate of drug-likeness (QED) is 0.273. The highest BCUT2D eigenvalue weighted by atomic mass is 35.5. The van der Waals surface area contributed by atoms with Gasteiger partial charge in [0.1, 0.15) is 17.6 Å². The molecule has 0 saturated heterocycles. The Morgan fingerprint density at radius 2 is 1.74 bits per heavy atom. The molecule has 9 heteroatoms. The lowest BCUT2D eigenvalue weighted by atomic mass is 9.91. The van der Waals surface area contributed by atoms with Crippen LogP contribution in [0.15, 0.2) is 73.6 Å². The minimum atomic E-state index is -0.612. The average molecular weight is 528 g/mol.